The van der Waals surface area contributed by atoms with Gasteiger partial charge in [0, 0.05) is 30.8 Å². The summed E-state index contributed by atoms with van der Waals surface area (Å²) < 4.78 is 0. The Balaban J connectivity index is 2.56. The smallest absolute Gasteiger partial charge is 0.225 e. The maximum atomic E-state index is 11.4. The van der Waals surface area contributed by atoms with E-state index in [4.69, 9.17) is 5.73 Å². The first-order chi connectivity index (χ1) is 7.97. The Labute approximate surface area is 100 Å². The van der Waals surface area contributed by atoms with Gasteiger partial charge in [-0.05, 0) is 31.2 Å². The summed E-state index contributed by atoms with van der Waals surface area (Å²) >= 11 is 0. The lowest BCUT2D eigenvalue weighted by molar-refractivity contribution is -0.116. The van der Waals surface area contributed by atoms with Gasteiger partial charge < -0.3 is 16.4 Å². The van der Waals surface area contributed by atoms with Gasteiger partial charge in [-0.15, -0.1) is 0 Å². The van der Waals surface area contributed by atoms with E-state index in [-0.39, 0.29) is 24.3 Å². The fourth-order valence-corrected chi connectivity index (χ4v) is 1.34. The molecule has 4 N–H and O–H groups in total. The van der Waals surface area contributed by atoms with Crippen molar-refractivity contribution < 1.29 is 9.59 Å². The van der Waals surface area contributed by atoms with E-state index in [1.165, 1.54) is 6.92 Å². The number of nitrogens with two attached hydrogens (primary N) is 1. The van der Waals surface area contributed by atoms with Gasteiger partial charge in [0.25, 0.3) is 0 Å². The molecule has 1 unspecified atom stereocenters. The molecule has 0 saturated carbocycles. The zero-order chi connectivity index (χ0) is 12.8. The summed E-state index contributed by atoms with van der Waals surface area (Å²) in [5.74, 6) is -0.244. The first kappa shape index (κ1) is 13.2. The van der Waals surface area contributed by atoms with Crippen LogP contribution in [0.4, 0.5) is 11.4 Å². The number of amides is 2. The summed E-state index contributed by atoms with van der Waals surface area (Å²) in [7, 11) is 0. The largest absolute Gasteiger partial charge is 0.327 e. The summed E-state index contributed by atoms with van der Waals surface area (Å²) in [5.41, 5.74) is 6.90. The van der Waals surface area contributed by atoms with Crippen molar-refractivity contribution in [2.75, 3.05) is 10.6 Å². The third-order valence-electron chi connectivity index (χ3n) is 2.00. The van der Waals surface area contributed by atoms with Crippen molar-refractivity contribution in [1.82, 2.24) is 0 Å². The van der Waals surface area contributed by atoms with Crippen LogP contribution >= 0.6 is 0 Å². The highest BCUT2D eigenvalue weighted by molar-refractivity contribution is 5.92. The number of benzene rings is 1. The lowest BCUT2D eigenvalue weighted by Crippen LogP contribution is -2.23. The third kappa shape index (κ3) is 5.12. The van der Waals surface area contributed by atoms with Crippen LogP contribution in [0.1, 0.15) is 20.3 Å². The van der Waals surface area contributed by atoms with Gasteiger partial charge in [-0.2, -0.15) is 0 Å². The number of carbonyl (C=O) groups is 2. The highest BCUT2D eigenvalue weighted by Crippen LogP contribution is 2.13. The van der Waals surface area contributed by atoms with Crippen molar-refractivity contribution in [2.24, 2.45) is 5.73 Å². The Hall–Kier alpha value is -1.88. The normalized spacial score (nSPS) is 11.7. The van der Waals surface area contributed by atoms with Crippen LogP contribution in [0.2, 0.25) is 0 Å². The standard InChI is InChI=1S/C12H17N3O2/c1-8(13)7-12(17)15-11-5-3-10(4-6-11)14-9(2)16/h3-6,8H,7,13H2,1-2H3,(H,14,16)(H,15,17). The van der Waals surface area contributed by atoms with Crippen LogP contribution in [0.15, 0.2) is 24.3 Å². The number of anilines is 2. The fraction of sp³-hybridized carbons (Fsp3) is 0.333. The summed E-state index contributed by atoms with van der Waals surface area (Å²) in [6.45, 7) is 3.22. The van der Waals surface area contributed by atoms with Gasteiger partial charge in [-0.1, -0.05) is 0 Å². The van der Waals surface area contributed by atoms with Gasteiger partial charge in [-0.25, -0.2) is 0 Å². The SMILES string of the molecule is CC(=O)Nc1ccc(NC(=O)CC(C)N)cc1. The minimum absolute atomic E-state index is 0.118. The van der Waals surface area contributed by atoms with E-state index >= 15 is 0 Å². The molecule has 0 fully saturated rings. The lowest BCUT2D eigenvalue weighted by Gasteiger charge is -2.08. The Morgan fingerprint density at radius 1 is 1.18 bits per heavy atom. The Bertz CT molecular complexity index is 399. The molecule has 1 aromatic rings. The molecule has 0 saturated heterocycles. The van der Waals surface area contributed by atoms with Crippen LogP contribution in [-0.2, 0) is 9.59 Å². The molecule has 1 rings (SSSR count). The molecule has 0 radical (unpaired) electrons. The van der Waals surface area contributed by atoms with Gasteiger partial charge in [-0.3, -0.25) is 9.59 Å². The Morgan fingerprint density at radius 2 is 1.65 bits per heavy atom. The van der Waals surface area contributed by atoms with Gasteiger partial charge in [0.1, 0.15) is 0 Å². The molecule has 0 aromatic heterocycles. The van der Waals surface area contributed by atoms with Crippen LogP contribution in [0, 0.1) is 0 Å². The second-order valence-electron chi connectivity index (χ2n) is 3.99. The molecular weight excluding hydrogens is 218 g/mol. The van der Waals surface area contributed by atoms with E-state index in [0.717, 1.165) is 0 Å². The molecule has 0 heterocycles. The van der Waals surface area contributed by atoms with Crippen LogP contribution in [-0.4, -0.2) is 17.9 Å². The summed E-state index contributed by atoms with van der Waals surface area (Å²) in [6.07, 6.45) is 0.285. The van der Waals surface area contributed by atoms with Crippen molar-refractivity contribution in [2.45, 2.75) is 26.3 Å². The number of nitrogens with one attached hydrogen (secondary N) is 2. The molecule has 1 aromatic carbocycles. The monoisotopic (exact) mass is 235 g/mol. The van der Waals surface area contributed by atoms with Crippen molar-refractivity contribution in [3.63, 3.8) is 0 Å². The van der Waals surface area contributed by atoms with Crippen molar-refractivity contribution in [3.05, 3.63) is 24.3 Å². The van der Waals surface area contributed by atoms with Gasteiger partial charge in [0.05, 0.1) is 0 Å². The molecule has 5 heteroatoms. The Morgan fingerprint density at radius 3 is 2.06 bits per heavy atom. The molecule has 0 aliphatic carbocycles. The minimum Gasteiger partial charge on any atom is -0.327 e. The summed E-state index contributed by atoms with van der Waals surface area (Å²) in [6, 6.07) is 6.74. The van der Waals surface area contributed by atoms with Crippen LogP contribution in [0.5, 0.6) is 0 Å². The molecule has 0 aliphatic heterocycles. The third-order valence-corrected chi connectivity index (χ3v) is 2.00. The van der Waals surface area contributed by atoms with Crippen molar-refractivity contribution in [1.29, 1.82) is 0 Å². The summed E-state index contributed by atoms with van der Waals surface area (Å²) in [4.78, 5) is 22.2. The van der Waals surface area contributed by atoms with Crippen molar-refractivity contribution >= 4 is 23.2 Å². The summed E-state index contributed by atoms with van der Waals surface area (Å²) in [5, 5.41) is 5.37. The van der Waals surface area contributed by atoms with E-state index in [1.54, 1.807) is 31.2 Å². The lowest BCUT2D eigenvalue weighted by atomic mass is 10.2. The Kier molecular flexibility index (Phi) is 4.66. The molecular formula is C12H17N3O2. The second-order valence-corrected chi connectivity index (χ2v) is 3.99. The number of rotatable bonds is 4. The van der Waals surface area contributed by atoms with Crippen molar-refractivity contribution in [3.8, 4) is 0 Å². The topological polar surface area (TPSA) is 84.2 Å². The molecule has 5 nitrogen and oxygen atoms in total. The van der Waals surface area contributed by atoms with Gasteiger partial charge in [0.2, 0.25) is 11.8 Å². The maximum Gasteiger partial charge on any atom is 0.225 e. The number of hydrogen-bond donors (Lipinski definition) is 3. The predicted octanol–water partition coefficient (Wildman–Crippen LogP) is 1.32. The zero-order valence-electron chi connectivity index (χ0n) is 9.99. The fourth-order valence-electron chi connectivity index (χ4n) is 1.34. The van der Waals surface area contributed by atoms with E-state index in [0.29, 0.717) is 11.4 Å². The first-order valence-corrected chi connectivity index (χ1v) is 5.40. The molecule has 0 aliphatic rings. The van der Waals surface area contributed by atoms with Gasteiger partial charge in [0.15, 0.2) is 0 Å². The highest BCUT2D eigenvalue weighted by Gasteiger charge is 2.05. The van der Waals surface area contributed by atoms with E-state index in [1.807, 2.05) is 0 Å². The second kappa shape index (κ2) is 6.00. The number of hydrogen-bond acceptors (Lipinski definition) is 3. The predicted molar refractivity (Wildman–Crippen MR) is 67.6 cm³/mol. The molecule has 0 bridgehead atoms. The molecule has 0 spiro atoms. The molecule has 1 atom stereocenters. The zero-order valence-corrected chi connectivity index (χ0v) is 9.99. The van der Waals surface area contributed by atoms with E-state index in [9.17, 15) is 9.59 Å². The average molecular weight is 235 g/mol. The van der Waals surface area contributed by atoms with Crippen LogP contribution < -0.4 is 16.4 Å². The van der Waals surface area contributed by atoms with Gasteiger partial charge >= 0.3 is 0 Å². The average Bonchev–Trinajstić information content (AvgIpc) is 2.18. The minimum atomic E-state index is -0.159. The van der Waals surface area contributed by atoms with Crippen LogP contribution in [0.25, 0.3) is 0 Å². The molecule has 2 amide bonds. The number of carbonyl (C=O) groups excluding carboxylic acids is 2. The van der Waals surface area contributed by atoms with E-state index < -0.39 is 0 Å². The van der Waals surface area contributed by atoms with Crippen LogP contribution in [0.3, 0.4) is 0 Å². The molecule has 17 heavy (non-hydrogen) atoms. The maximum absolute atomic E-state index is 11.4. The first-order valence-electron chi connectivity index (χ1n) is 5.40. The highest BCUT2D eigenvalue weighted by atomic mass is 16.2. The molecule has 92 valence electrons. The van der Waals surface area contributed by atoms with E-state index in [2.05, 4.69) is 10.6 Å². The quantitative estimate of drug-likeness (QED) is 0.735.